The van der Waals surface area contributed by atoms with Gasteiger partial charge in [-0.2, -0.15) is 35.4 Å². The fourth-order valence-corrected chi connectivity index (χ4v) is 7.43. The van der Waals surface area contributed by atoms with E-state index in [-0.39, 0.29) is 21.7 Å². The Balaban J connectivity index is 0.000000337. The molecule has 0 fully saturated rings. The van der Waals surface area contributed by atoms with Gasteiger partial charge in [-0.15, -0.1) is 36.4 Å². The molecule has 4 nitrogen and oxygen atoms in total. The molecule has 4 aromatic carbocycles. The third-order valence-corrected chi connectivity index (χ3v) is 11.0. The predicted molar refractivity (Wildman–Crippen MR) is 252 cm³/mol. The summed E-state index contributed by atoms with van der Waals surface area (Å²) < 4.78 is 58.4. The molecule has 0 aliphatic heterocycles. The summed E-state index contributed by atoms with van der Waals surface area (Å²) in [6.45, 7) is 27.0. The molecule has 0 bridgehead atoms. The summed E-state index contributed by atoms with van der Waals surface area (Å²) in [7, 11) is 0. The molecule has 0 spiro atoms. The van der Waals surface area contributed by atoms with Crippen LogP contribution in [0.1, 0.15) is 124 Å². The molecule has 6 aromatic rings. The summed E-state index contributed by atoms with van der Waals surface area (Å²) in [5, 5.41) is 0. The molecule has 63 heavy (non-hydrogen) atoms. The van der Waals surface area contributed by atoms with Crippen molar-refractivity contribution < 1.29 is 39.3 Å². The number of hydrogen-bond donors (Lipinski definition) is 0. The first-order chi connectivity index (χ1) is 29.7. The van der Waals surface area contributed by atoms with Crippen LogP contribution in [0.4, 0.5) is 17.6 Å². The maximum atomic E-state index is 14.2. The van der Waals surface area contributed by atoms with Crippen LogP contribution in [0.25, 0.3) is 11.4 Å². The van der Waals surface area contributed by atoms with Gasteiger partial charge in [-0.1, -0.05) is 67.2 Å². The van der Waals surface area contributed by atoms with Crippen LogP contribution in [0.5, 0.6) is 0 Å². The Labute approximate surface area is 392 Å². The number of hydrogen-bond acceptors (Lipinski definition) is 2. The van der Waals surface area contributed by atoms with Crippen LogP contribution < -0.4 is 0 Å². The van der Waals surface area contributed by atoms with E-state index in [0.29, 0.717) is 11.4 Å². The van der Waals surface area contributed by atoms with Gasteiger partial charge in [0, 0.05) is 59.1 Å². The Morgan fingerprint density at radius 2 is 0.810 bits per heavy atom. The average molecular weight is 901 g/mol. The normalized spacial score (nSPS) is 10.8. The van der Waals surface area contributed by atoms with E-state index >= 15 is 0 Å². The number of nitrogens with zero attached hydrogens (tertiary/aromatic N) is 4. The van der Waals surface area contributed by atoms with E-state index in [1.807, 2.05) is 61.1 Å². The number of halogens is 4. The number of unbranched alkanes of at least 4 members (excludes halogenated alkanes) is 4. The topological polar surface area (TPSA) is 16.3 Å². The molecule has 0 radical (unpaired) electrons. The fraction of sp³-hybridized carbons (Fsp3) is 0.444. The number of rotatable bonds is 18. The van der Waals surface area contributed by atoms with Crippen molar-refractivity contribution >= 4 is 0 Å². The largest absolute Gasteiger partial charge is 4.00 e. The van der Waals surface area contributed by atoms with Crippen molar-refractivity contribution in [3.63, 3.8) is 0 Å². The summed E-state index contributed by atoms with van der Waals surface area (Å²) in [5.74, 6) is -2.65. The van der Waals surface area contributed by atoms with Crippen molar-refractivity contribution in [3.8, 4) is 11.4 Å². The minimum atomic E-state index is -0.672. The van der Waals surface area contributed by atoms with Crippen LogP contribution in [0.15, 0.2) is 84.9 Å². The second-order valence-electron chi connectivity index (χ2n) is 16.4. The van der Waals surface area contributed by atoms with Gasteiger partial charge >= 0.3 is 21.7 Å². The van der Waals surface area contributed by atoms with Crippen molar-refractivity contribution in [1.82, 2.24) is 18.9 Å². The van der Waals surface area contributed by atoms with Gasteiger partial charge in [-0.3, -0.25) is 9.80 Å². The molecule has 0 saturated carbocycles. The molecule has 6 rings (SSSR count). The summed E-state index contributed by atoms with van der Waals surface area (Å²) in [4.78, 5) is 4.96. The molecule has 0 aliphatic carbocycles. The van der Waals surface area contributed by atoms with Gasteiger partial charge in [-0.25, -0.2) is 41.8 Å². The molecule has 0 amide bonds. The number of aromatic nitrogens is 2. The first-order valence-corrected chi connectivity index (χ1v) is 22.7. The van der Waals surface area contributed by atoms with Crippen molar-refractivity contribution in [2.45, 2.75) is 134 Å². The standard InChI is InChI=1S/2C21H29F2N2.2C6H7.Ti/c2*1-5-7-11-24(12-8-6-2)15-18-13-16(3)25(17(18)4)21-10-9-19(22)14-20(21)23;2*1-6-4-2-3-5-6;/h2*9-10,13H,5-8,11-12,15H2,1-4H3;2*2-5H,1H3;/q4*-1;+4. The van der Waals surface area contributed by atoms with Gasteiger partial charge in [0.1, 0.15) is 0 Å². The molecule has 2 heterocycles. The SMILES string of the molecule is CCCCN(CCCC)Cc1cc(C)n(-c2ccc(F)[c-]c2F)c1C.CCCCN(CCCC)Cc1cc(C)n(-c2ccc(F)[c-]c2F)c1C.C[c-]1cccc1.C[c-]1cccc1.[Ti+4]. The quantitative estimate of drug-likeness (QED) is 0.0485. The molecular weight excluding hydrogens is 828 g/mol. The number of benzene rings is 2. The second kappa shape index (κ2) is 29.5. The molecule has 0 saturated heterocycles. The van der Waals surface area contributed by atoms with Gasteiger partial charge in [0.05, 0.1) is 0 Å². The van der Waals surface area contributed by atoms with Crippen LogP contribution >= 0.6 is 0 Å². The van der Waals surface area contributed by atoms with E-state index in [0.717, 1.165) is 62.0 Å². The molecule has 0 aliphatic rings. The monoisotopic (exact) mass is 901 g/mol. The number of aryl methyl sites for hydroxylation is 4. The predicted octanol–water partition coefficient (Wildman–Crippen LogP) is 14.6. The van der Waals surface area contributed by atoms with E-state index in [1.54, 1.807) is 0 Å². The zero-order chi connectivity index (χ0) is 45.6. The fourth-order valence-electron chi connectivity index (χ4n) is 7.43. The van der Waals surface area contributed by atoms with Crippen LogP contribution in [-0.2, 0) is 34.8 Å². The molecule has 9 heteroatoms. The van der Waals surface area contributed by atoms with Gasteiger partial charge in [0.25, 0.3) is 0 Å². The molecule has 2 aromatic heterocycles. The van der Waals surface area contributed by atoms with Gasteiger partial charge in [0.2, 0.25) is 0 Å². The Morgan fingerprint density at radius 3 is 1.05 bits per heavy atom. The minimum Gasteiger partial charge on any atom is -0.370 e. The van der Waals surface area contributed by atoms with E-state index in [1.165, 1.54) is 97.9 Å². The van der Waals surface area contributed by atoms with Crippen LogP contribution in [0.3, 0.4) is 0 Å². The minimum absolute atomic E-state index is 0. The van der Waals surface area contributed by atoms with E-state index in [2.05, 4.69) is 99.9 Å². The molecule has 0 N–H and O–H groups in total. The van der Waals surface area contributed by atoms with Crippen molar-refractivity contribution in [3.05, 3.63) is 165 Å². The first kappa shape index (κ1) is 55.2. The maximum Gasteiger partial charge on any atom is 4.00 e. The third kappa shape index (κ3) is 18.2. The van der Waals surface area contributed by atoms with Crippen molar-refractivity contribution in [2.75, 3.05) is 26.2 Å². The molecule has 0 unspecified atom stereocenters. The summed E-state index contributed by atoms with van der Waals surface area (Å²) in [6, 6.07) is 30.5. The zero-order valence-electron chi connectivity index (χ0n) is 39.8. The summed E-state index contributed by atoms with van der Waals surface area (Å²) in [5.41, 5.74) is 9.73. The Hall–Kier alpha value is -3.95. The van der Waals surface area contributed by atoms with E-state index in [4.69, 9.17) is 0 Å². The van der Waals surface area contributed by atoms with E-state index < -0.39 is 23.3 Å². The molecular formula is C54H72F4N4Ti. The first-order valence-electron chi connectivity index (χ1n) is 22.7. The van der Waals surface area contributed by atoms with E-state index in [9.17, 15) is 17.6 Å². The molecule has 340 valence electrons. The maximum absolute atomic E-state index is 14.2. The Bertz CT molecular complexity index is 1960. The van der Waals surface area contributed by atoms with Gasteiger partial charge < -0.3 is 9.13 Å². The smallest absolute Gasteiger partial charge is 0.370 e. The van der Waals surface area contributed by atoms with Crippen molar-refractivity contribution in [1.29, 1.82) is 0 Å². The van der Waals surface area contributed by atoms with Crippen molar-refractivity contribution in [2.24, 2.45) is 0 Å². The Kier molecular flexibility index (Phi) is 25.8. The molecule has 0 atom stereocenters. The Morgan fingerprint density at radius 1 is 0.508 bits per heavy atom. The van der Waals surface area contributed by atoms with Gasteiger partial charge in [0.15, 0.2) is 0 Å². The average Bonchev–Trinajstić information content (AvgIpc) is 4.04. The van der Waals surface area contributed by atoms with Crippen LogP contribution in [-0.4, -0.2) is 45.1 Å². The zero-order valence-corrected chi connectivity index (χ0v) is 41.3. The second-order valence-corrected chi connectivity index (χ2v) is 16.4. The third-order valence-electron chi connectivity index (χ3n) is 11.0. The van der Waals surface area contributed by atoms with Gasteiger partial charge in [-0.05, 0) is 114 Å². The summed E-state index contributed by atoms with van der Waals surface area (Å²) >= 11 is 0. The van der Waals surface area contributed by atoms with Crippen LogP contribution in [0.2, 0.25) is 0 Å². The summed E-state index contributed by atoms with van der Waals surface area (Å²) in [6.07, 6.45) is 9.45. The van der Waals surface area contributed by atoms with Crippen LogP contribution in [0, 0.1) is 76.9 Å².